The van der Waals surface area contributed by atoms with Crippen LogP contribution < -0.4 is 21.3 Å². The fraction of sp³-hybridized carbons (Fsp3) is 0.263. The van der Waals surface area contributed by atoms with Crippen molar-refractivity contribution in [1.29, 1.82) is 0 Å². The maximum absolute atomic E-state index is 15.5. The van der Waals surface area contributed by atoms with Crippen molar-refractivity contribution < 1.29 is 31.5 Å². The number of hydrogen-bond donors (Lipinski definition) is 2. The van der Waals surface area contributed by atoms with E-state index in [1.54, 1.807) is 6.92 Å². The smallest absolute Gasteiger partial charge is 0.336 e. The highest BCUT2D eigenvalue weighted by Crippen LogP contribution is 2.25. The number of anilines is 1. The van der Waals surface area contributed by atoms with Gasteiger partial charge in [-0.25, -0.2) is 36.3 Å². The number of esters is 1. The van der Waals surface area contributed by atoms with Crippen molar-refractivity contribution in [3.8, 4) is 11.5 Å². The Morgan fingerprint density at radius 3 is 2.39 bits per heavy atom. The first-order chi connectivity index (χ1) is 27.3. The lowest BCUT2D eigenvalue weighted by Gasteiger charge is -2.25. The molecular formula is C38H37F2N9O7S. The number of benzene rings is 2. The lowest BCUT2D eigenvalue weighted by molar-refractivity contribution is -0.152. The van der Waals surface area contributed by atoms with Gasteiger partial charge in [-0.2, -0.15) is 0 Å². The molecule has 19 heteroatoms. The number of nitrogens with one attached hydrogen (secondary N) is 2. The minimum atomic E-state index is -4.40. The van der Waals surface area contributed by atoms with Gasteiger partial charge in [-0.05, 0) is 87.4 Å². The van der Waals surface area contributed by atoms with Gasteiger partial charge in [0.05, 0.1) is 21.7 Å². The highest BCUT2D eigenvalue weighted by Gasteiger charge is 2.29. The molecule has 1 fully saturated rings. The Bertz CT molecular complexity index is 2570. The van der Waals surface area contributed by atoms with Crippen molar-refractivity contribution in [2.45, 2.75) is 62.5 Å². The molecule has 1 aliphatic rings. The zero-order chi connectivity index (χ0) is 40.9. The lowest BCUT2D eigenvalue weighted by Crippen LogP contribution is -2.45. The van der Waals surface area contributed by atoms with Crippen LogP contribution in [0.25, 0.3) is 17.6 Å². The fourth-order valence-electron chi connectivity index (χ4n) is 6.26. The third kappa shape index (κ3) is 8.93. The van der Waals surface area contributed by atoms with Gasteiger partial charge in [-0.15, -0.1) is 10.2 Å². The number of nitrogens with zero attached hydrogens (tertiary/aromatic N) is 7. The number of rotatable bonds is 13. The molecular weight excluding hydrogens is 765 g/mol. The van der Waals surface area contributed by atoms with Crippen LogP contribution in [0.3, 0.4) is 0 Å². The summed E-state index contributed by atoms with van der Waals surface area (Å²) in [5, 5.41) is 9.80. The third-order valence-corrected chi connectivity index (χ3v) is 10.8. The van der Waals surface area contributed by atoms with Gasteiger partial charge in [0.15, 0.2) is 0 Å². The zero-order valence-electron chi connectivity index (χ0n) is 30.8. The summed E-state index contributed by atoms with van der Waals surface area (Å²) in [6, 6.07) is 7.95. The van der Waals surface area contributed by atoms with E-state index in [1.807, 2.05) is 4.72 Å². The van der Waals surface area contributed by atoms with Crippen molar-refractivity contribution in [1.82, 2.24) is 34.2 Å². The van der Waals surface area contributed by atoms with E-state index in [0.29, 0.717) is 41.9 Å². The minimum Gasteiger partial charge on any atom is -0.461 e. The summed E-state index contributed by atoms with van der Waals surface area (Å²) < 4.78 is 68.3. The van der Waals surface area contributed by atoms with Gasteiger partial charge in [-0.1, -0.05) is 12.5 Å². The van der Waals surface area contributed by atoms with E-state index in [2.05, 4.69) is 32.2 Å². The minimum absolute atomic E-state index is 0.0202. The molecule has 1 amide bonds. The zero-order valence-corrected chi connectivity index (χ0v) is 31.6. The Hall–Kier alpha value is -6.63. The first-order valence-electron chi connectivity index (χ1n) is 17.7. The predicted molar refractivity (Wildman–Crippen MR) is 205 cm³/mol. The molecule has 0 bridgehead atoms. The Morgan fingerprint density at radius 1 is 1.04 bits per heavy atom. The molecule has 296 valence electrons. The van der Waals surface area contributed by atoms with Crippen LogP contribution in [0.5, 0.6) is 0 Å². The summed E-state index contributed by atoms with van der Waals surface area (Å²) in [5.41, 5.74) is -1.37. The fourth-order valence-corrected chi connectivity index (χ4v) is 7.31. The van der Waals surface area contributed by atoms with E-state index in [-0.39, 0.29) is 22.7 Å². The number of aromatic nitrogens is 6. The Balaban J connectivity index is 1.23. The van der Waals surface area contributed by atoms with Crippen LogP contribution in [0, 0.1) is 18.6 Å². The summed E-state index contributed by atoms with van der Waals surface area (Å²) in [7, 11) is -2.90. The third-order valence-electron chi connectivity index (χ3n) is 9.46. The molecule has 5 aromatic rings. The second-order valence-corrected chi connectivity index (χ2v) is 14.9. The first-order valence-corrected chi connectivity index (χ1v) is 19.1. The molecule has 0 aliphatic heterocycles. The molecule has 16 nitrogen and oxygen atoms in total. The van der Waals surface area contributed by atoms with Crippen LogP contribution in [-0.4, -0.2) is 68.0 Å². The monoisotopic (exact) mass is 801 g/mol. The van der Waals surface area contributed by atoms with E-state index in [4.69, 9.17) is 4.74 Å². The molecule has 6 rings (SSSR count). The Labute approximate surface area is 324 Å². The van der Waals surface area contributed by atoms with E-state index >= 15 is 8.78 Å². The number of ether oxygens (including phenoxy) is 1. The van der Waals surface area contributed by atoms with Crippen LogP contribution in [0.15, 0.2) is 93.1 Å². The number of halogens is 2. The highest BCUT2D eigenvalue weighted by molar-refractivity contribution is 7.92. The number of sulfonamides is 1. The second-order valence-electron chi connectivity index (χ2n) is 13.2. The summed E-state index contributed by atoms with van der Waals surface area (Å²) in [6.45, 7) is 4.97. The van der Waals surface area contributed by atoms with E-state index in [1.165, 1.54) is 83.7 Å². The molecule has 1 aliphatic carbocycles. The maximum atomic E-state index is 15.5. The van der Waals surface area contributed by atoms with Crippen LogP contribution in [0.4, 0.5) is 14.5 Å². The number of pyridine rings is 1. The van der Waals surface area contributed by atoms with Crippen LogP contribution >= 0.6 is 0 Å². The molecule has 0 radical (unpaired) electrons. The molecule has 3 aromatic heterocycles. The largest absolute Gasteiger partial charge is 0.461 e. The quantitative estimate of drug-likeness (QED) is 0.130. The van der Waals surface area contributed by atoms with Crippen molar-refractivity contribution in [3.63, 3.8) is 0 Å². The Morgan fingerprint density at radius 2 is 1.74 bits per heavy atom. The van der Waals surface area contributed by atoms with E-state index in [9.17, 15) is 27.6 Å². The van der Waals surface area contributed by atoms with Crippen molar-refractivity contribution in [3.05, 3.63) is 128 Å². The highest BCUT2D eigenvalue weighted by atomic mass is 32.2. The number of amides is 1. The van der Waals surface area contributed by atoms with Crippen molar-refractivity contribution >= 4 is 40.4 Å². The molecule has 1 atom stereocenters. The average Bonchev–Trinajstić information content (AvgIpc) is 3.74. The molecule has 2 aromatic carbocycles. The lowest BCUT2D eigenvalue weighted by atomic mass is 9.97. The molecule has 0 saturated heterocycles. The summed E-state index contributed by atoms with van der Waals surface area (Å²) in [5.74, 6) is -4.55. The molecule has 2 N–H and O–H groups in total. The van der Waals surface area contributed by atoms with Gasteiger partial charge in [0.2, 0.25) is 0 Å². The van der Waals surface area contributed by atoms with Crippen LogP contribution in [-0.2, 0) is 33.0 Å². The summed E-state index contributed by atoms with van der Waals surface area (Å²) in [4.78, 5) is 61.1. The van der Waals surface area contributed by atoms with Crippen LogP contribution in [0.1, 0.15) is 59.3 Å². The summed E-state index contributed by atoms with van der Waals surface area (Å²) >= 11 is 0. The van der Waals surface area contributed by atoms with Gasteiger partial charge in [0.1, 0.15) is 42.3 Å². The van der Waals surface area contributed by atoms with Crippen molar-refractivity contribution in [2.75, 3.05) is 4.72 Å². The standard InChI is InChI=1S/C38H37F2N9O7S/c1-23-28(15-16-41-2)36(51)49(38(53)47(23)3)34-14-9-24(20-42-34)17-33(37(52)56-26-7-5-4-6-8-26)45-35(50)29-18-31(40)32(19-30(29)39)46-57(54,55)27-12-10-25(11-13-27)48-21-43-44-22-48/h9-16,18-22,26,33,46H,2,4-8,17H2,1,3H3,(H,45,50)/b16-15-/t33-/m0/s1. The first kappa shape index (κ1) is 40.0. The number of hydrogen-bond acceptors (Lipinski definition) is 11. The van der Waals surface area contributed by atoms with E-state index in [0.717, 1.165) is 23.8 Å². The van der Waals surface area contributed by atoms with Gasteiger partial charge in [-0.3, -0.25) is 28.4 Å². The average molecular weight is 802 g/mol. The van der Waals surface area contributed by atoms with E-state index < -0.39 is 68.2 Å². The topological polar surface area (TPSA) is 202 Å². The van der Waals surface area contributed by atoms with Gasteiger partial charge in [0.25, 0.3) is 21.5 Å². The number of aliphatic imine (C=N–C) groups is 1. The Kier molecular flexibility index (Phi) is 12.0. The molecule has 0 unspecified atom stereocenters. The second kappa shape index (κ2) is 17.0. The van der Waals surface area contributed by atoms with Crippen molar-refractivity contribution in [2.24, 2.45) is 12.0 Å². The number of carbonyl (C=O) groups is 2. The maximum Gasteiger partial charge on any atom is 0.336 e. The van der Waals surface area contributed by atoms with Gasteiger partial charge >= 0.3 is 11.7 Å². The predicted octanol–water partition coefficient (Wildman–Crippen LogP) is 3.79. The number of carbonyl (C=O) groups excluding carboxylic acids is 2. The van der Waals surface area contributed by atoms with Gasteiger partial charge in [0, 0.05) is 43.3 Å². The van der Waals surface area contributed by atoms with Crippen LogP contribution in [0.2, 0.25) is 0 Å². The molecule has 3 heterocycles. The molecule has 57 heavy (non-hydrogen) atoms. The summed E-state index contributed by atoms with van der Waals surface area (Å²) in [6.07, 6.45) is 10.1. The normalized spacial score (nSPS) is 14.0. The molecule has 1 saturated carbocycles. The molecule has 0 spiro atoms. The SMILES string of the molecule is C=N/C=C\c1c(C)n(C)c(=O)n(-c2ccc(C[C@H](NC(=O)c3cc(F)c(NS(=O)(=O)c4ccc(-n5cnnc5)cc4)cc3F)C(=O)OC3CCCCC3)cn2)c1=O. The van der Waals surface area contributed by atoms with Gasteiger partial charge < -0.3 is 10.1 Å².